The van der Waals surface area contributed by atoms with Crippen LogP contribution in [0.3, 0.4) is 0 Å². The Balaban J connectivity index is 2.57. The fourth-order valence-electron chi connectivity index (χ4n) is 1.50. The first-order valence-electron chi connectivity index (χ1n) is 5.48. The van der Waals surface area contributed by atoms with Crippen LogP contribution in [0.5, 0.6) is 0 Å². The smallest absolute Gasteiger partial charge is 0.0156 e. The molecule has 0 heteroatoms. The van der Waals surface area contributed by atoms with Crippen LogP contribution in [-0.2, 0) is 0 Å². The van der Waals surface area contributed by atoms with Crippen molar-refractivity contribution in [3.63, 3.8) is 0 Å². The van der Waals surface area contributed by atoms with Gasteiger partial charge in [-0.15, -0.1) is 0 Å². The van der Waals surface area contributed by atoms with E-state index >= 15 is 0 Å². The Morgan fingerprint density at radius 3 is 2.47 bits per heavy atom. The molecule has 0 bridgehead atoms. The van der Waals surface area contributed by atoms with Gasteiger partial charge in [-0.1, -0.05) is 61.1 Å². The summed E-state index contributed by atoms with van der Waals surface area (Å²) >= 11 is 0. The standard InChI is InChI=1S/C15H20/c1-12(2)6-5-7-14(4)15-10-8-13(3)9-11-15/h5-6,8-11,14H,1,7H2,2-4H3/t14-/m1/s1. The van der Waals surface area contributed by atoms with E-state index in [0.717, 1.165) is 12.0 Å². The second kappa shape index (κ2) is 5.55. The van der Waals surface area contributed by atoms with Crippen molar-refractivity contribution in [1.29, 1.82) is 0 Å². The van der Waals surface area contributed by atoms with E-state index in [2.05, 4.69) is 56.8 Å². The van der Waals surface area contributed by atoms with Crippen LogP contribution in [0.2, 0.25) is 0 Å². The van der Waals surface area contributed by atoms with Crippen molar-refractivity contribution in [1.82, 2.24) is 0 Å². The van der Waals surface area contributed by atoms with Crippen LogP contribution in [0.25, 0.3) is 0 Å². The summed E-state index contributed by atoms with van der Waals surface area (Å²) in [5, 5.41) is 0. The molecule has 1 rings (SSSR count). The van der Waals surface area contributed by atoms with Crippen molar-refractivity contribution < 1.29 is 0 Å². The zero-order valence-electron chi connectivity index (χ0n) is 9.96. The van der Waals surface area contributed by atoms with Gasteiger partial charge in [-0.2, -0.15) is 0 Å². The monoisotopic (exact) mass is 200 g/mol. The second-order valence-corrected chi connectivity index (χ2v) is 4.30. The quantitative estimate of drug-likeness (QED) is 0.622. The molecular weight excluding hydrogens is 180 g/mol. The zero-order valence-corrected chi connectivity index (χ0v) is 9.96. The molecule has 1 aromatic rings. The summed E-state index contributed by atoms with van der Waals surface area (Å²) in [7, 11) is 0. The predicted octanol–water partition coefficient (Wildman–Crippen LogP) is 4.62. The topological polar surface area (TPSA) is 0 Å². The van der Waals surface area contributed by atoms with Crippen molar-refractivity contribution >= 4 is 0 Å². The van der Waals surface area contributed by atoms with Gasteiger partial charge in [-0.05, 0) is 31.7 Å². The van der Waals surface area contributed by atoms with Crippen LogP contribution in [0, 0.1) is 6.92 Å². The number of allylic oxidation sites excluding steroid dienone is 3. The highest BCUT2D eigenvalue weighted by Crippen LogP contribution is 2.19. The number of rotatable bonds is 4. The molecule has 15 heavy (non-hydrogen) atoms. The van der Waals surface area contributed by atoms with E-state index in [9.17, 15) is 0 Å². The largest absolute Gasteiger partial charge is 0.0961 e. The van der Waals surface area contributed by atoms with Crippen molar-refractivity contribution in [2.75, 3.05) is 0 Å². The van der Waals surface area contributed by atoms with Gasteiger partial charge in [0.15, 0.2) is 0 Å². The number of hydrogen-bond donors (Lipinski definition) is 0. The number of hydrogen-bond acceptors (Lipinski definition) is 0. The van der Waals surface area contributed by atoms with E-state index in [1.54, 1.807) is 0 Å². The van der Waals surface area contributed by atoms with E-state index in [1.165, 1.54) is 11.1 Å². The molecule has 80 valence electrons. The third-order valence-electron chi connectivity index (χ3n) is 2.54. The Bertz CT molecular complexity index is 341. The predicted molar refractivity (Wildman–Crippen MR) is 68.2 cm³/mol. The van der Waals surface area contributed by atoms with Gasteiger partial charge in [0.1, 0.15) is 0 Å². The Hall–Kier alpha value is -1.30. The van der Waals surface area contributed by atoms with Gasteiger partial charge in [-0.25, -0.2) is 0 Å². The maximum absolute atomic E-state index is 3.85. The highest BCUT2D eigenvalue weighted by atomic mass is 14.1. The maximum atomic E-state index is 3.85. The average molecular weight is 200 g/mol. The highest BCUT2D eigenvalue weighted by Gasteiger charge is 2.02. The minimum Gasteiger partial charge on any atom is -0.0961 e. The van der Waals surface area contributed by atoms with Crippen molar-refractivity contribution in [2.24, 2.45) is 0 Å². The van der Waals surface area contributed by atoms with E-state index in [1.807, 2.05) is 6.92 Å². The Morgan fingerprint density at radius 2 is 1.93 bits per heavy atom. The van der Waals surface area contributed by atoms with Crippen LogP contribution in [0.15, 0.2) is 48.6 Å². The Labute approximate surface area is 93.3 Å². The molecule has 0 N–H and O–H groups in total. The van der Waals surface area contributed by atoms with E-state index in [4.69, 9.17) is 0 Å². The highest BCUT2D eigenvalue weighted by molar-refractivity contribution is 5.25. The molecule has 0 unspecified atom stereocenters. The summed E-state index contributed by atoms with van der Waals surface area (Å²) in [6.45, 7) is 10.2. The fraction of sp³-hybridized carbons (Fsp3) is 0.333. The maximum Gasteiger partial charge on any atom is -0.0156 e. The molecule has 0 aliphatic rings. The van der Waals surface area contributed by atoms with Gasteiger partial charge in [0.05, 0.1) is 0 Å². The minimum absolute atomic E-state index is 0.584. The molecule has 0 saturated heterocycles. The van der Waals surface area contributed by atoms with Crippen LogP contribution < -0.4 is 0 Å². The summed E-state index contributed by atoms with van der Waals surface area (Å²) in [6.07, 6.45) is 5.37. The minimum atomic E-state index is 0.584. The molecule has 0 nitrogen and oxygen atoms in total. The zero-order chi connectivity index (χ0) is 11.3. The molecule has 0 aliphatic carbocycles. The van der Waals surface area contributed by atoms with Gasteiger partial charge in [0.2, 0.25) is 0 Å². The van der Waals surface area contributed by atoms with Gasteiger partial charge in [0, 0.05) is 0 Å². The average Bonchev–Trinajstić information content (AvgIpc) is 2.18. The van der Waals surface area contributed by atoms with Gasteiger partial charge < -0.3 is 0 Å². The molecule has 1 atom stereocenters. The third-order valence-corrected chi connectivity index (χ3v) is 2.54. The lowest BCUT2D eigenvalue weighted by atomic mass is 9.96. The molecular formula is C15H20. The second-order valence-electron chi connectivity index (χ2n) is 4.30. The van der Waals surface area contributed by atoms with Crippen molar-refractivity contribution in [2.45, 2.75) is 33.1 Å². The molecule has 0 amide bonds. The van der Waals surface area contributed by atoms with Crippen molar-refractivity contribution in [3.8, 4) is 0 Å². The van der Waals surface area contributed by atoms with E-state index in [0.29, 0.717) is 5.92 Å². The van der Waals surface area contributed by atoms with Gasteiger partial charge >= 0.3 is 0 Å². The lowest BCUT2D eigenvalue weighted by Crippen LogP contribution is -1.91. The summed E-state index contributed by atoms with van der Waals surface area (Å²) in [5.74, 6) is 0.584. The molecule has 1 aromatic carbocycles. The number of benzene rings is 1. The van der Waals surface area contributed by atoms with Crippen LogP contribution in [-0.4, -0.2) is 0 Å². The fourth-order valence-corrected chi connectivity index (χ4v) is 1.50. The Kier molecular flexibility index (Phi) is 4.36. The van der Waals surface area contributed by atoms with Gasteiger partial charge in [0.25, 0.3) is 0 Å². The lowest BCUT2D eigenvalue weighted by Gasteiger charge is -2.09. The summed E-state index contributed by atoms with van der Waals surface area (Å²) in [6, 6.07) is 8.78. The first-order chi connectivity index (χ1) is 7.09. The lowest BCUT2D eigenvalue weighted by molar-refractivity contribution is 0.780. The van der Waals surface area contributed by atoms with Gasteiger partial charge in [-0.3, -0.25) is 0 Å². The molecule has 0 radical (unpaired) electrons. The first-order valence-corrected chi connectivity index (χ1v) is 5.48. The summed E-state index contributed by atoms with van der Waals surface area (Å²) in [5.41, 5.74) is 3.85. The van der Waals surface area contributed by atoms with E-state index in [-0.39, 0.29) is 0 Å². The molecule has 0 spiro atoms. The molecule has 0 aromatic heterocycles. The van der Waals surface area contributed by atoms with Crippen molar-refractivity contribution in [3.05, 3.63) is 59.7 Å². The molecule has 0 aliphatic heterocycles. The molecule has 0 heterocycles. The van der Waals surface area contributed by atoms with Crippen LogP contribution >= 0.6 is 0 Å². The first kappa shape index (κ1) is 11.8. The number of aryl methyl sites for hydroxylation is 1. The normalized spacial score (nSPS) is 13.0. The molecule has 0 saturated carbocycles. The van der Waals surface area contributed by atoms with Crippen LogP contribution in [0.4, 0.5) is 0 Å². The summed E-state index contributed by atoms with van der Waals surface area (Å²) in [4.78, 5) is 0. The van der Waals surface area contributed by atoms with Crippen LogP contribution in [0.1, 0.15) is 37.3 Å². The molecule has 0 fully saturated rings. The SMILES string of the molecule is C=C(C)C=CC[C@@H](C)c1ccc(C)cc1. The Morgan fingerprint density at radius 1 is 1.33 bits per heavy atom. The third kappa shape index (κ3) is 4.16. The van der Waals surface area contributed by atoms with E-state index < -0.39 is 0 Å². The summed E-state index contributed by atoms with van der Waals surface area (Å²) < 4.78 is 0.